The first-order chi connectivity index (χ1) is 20.6. The Morgan fingerprint density at radius 1 is 0.857 bits per heavy atom. The van der Waals surface area contributed by atoms with Crippen molar-refractivity contribution in [1.29, 1.82) is 0 Å². The van der Waals surface area contributed by atoms with Crippen LogP contribution in [0, 0.1) is 6.92 Å². The Morgan fingerprint density at radius 3 is 2.43 bits per heavy atom. The molecule has 1 saturated heterocycles. The first kappa shape index (κ1) is 26.1. The molecule has 42 heavy (non-hydrogen) atoms. The maximum Gasteiger partial charge on any atom is 0.199 e. The van der Waals surface area contributed by atoms with Gasteiger partial charge in [0.25, 0.3) is 0 Å². The number of nitrogens with zero attached hydrogens (tertiary/aromatic N) is 6. The predicted molar refractivity (Wildman–Crippen MR) is 164 cm³/mol. The number of aryl methyl sites for hydroxylation is 1. The molecule has 0 spiro atoms. The highest BCUT2D eigenvalue weighted by atomic mass is 16.5. The minimum absolute atomic E-state index is 0.389. The van der Waals surface area contributed by atoms with Gasteiger partial charge in [-0.15, -0.1) is 0 Å². The highest BCUT2D eigenvalue weighted by Gasteiger charge is 2.24. The molecule has 8 nitrogen and oxygen atoms in total. The number of rotatable bonds is 7. The Hall–Kier alpha value is -4.82. The van der Waals surface area contributed by atoms with E-state index in [9.17, 15) is 0 Å². The van der Waals surface area contributed by atoms with Gasteiger partial charge in [-0.3, -0.25) is 14.4 Å². The fourth-order valence-electron chi connectivity index (χ4n) is 5.86. The number of pyridine rings is 2. The lowest BCUT2D eigenvalue weighted by Gasteiger charge is -2.30. The molecule has 210 valence electrons. The molecule has 1 N–H and O–H groups in total. The van der Waals surface area contributed by atoms with Gasteiger partial charge < -0.3 is 4.74 Å². The van der Waals surface area contributed by atoms with Crippen LogP contribution < -0.4 is 4.74 Å². The molecule has 5 heterocycles. The van der Waals surface area contributed by atoms with E-state index in [4.69, 9.17) is 14.7 Å². The number of aromatic amines is 1. The number of H-pyrrole nitrogens is 1. The number of hydrogen-bond acceptors (Lipinski definition) is 6. The second kappa shape index (κ2) is 11.2. The van der Waals surface area contributed by atoms with E-state index in [0.717, 1.165) is 83.6 Å². The van der Waals surface area contributed by atoms with Crippen molar-refractivity contribution in [2.75, 3.05) is 20.2 Å². The fraction of sp³-hybridized carbons (Fsp3) is 0.235. The molecule has 8 heteroatoms. The van der Waals surface area contributed by atoms with Crippen LogP contribution in [0.5, 0.6) is 5.75 Å². The van der Waals surface area contributed by atoms with Gasteiger partial charge in [-0.1, -0.05) is 60.7 Å². The summed E-state index contributed by atoms with van der Waals surface area (Å²) < 4.78 is 7.60. The zero-order valence-electron chi connectivity index (χ0n) is 23.9. The Labute approximate surface area is 245 Å². The molecule has 0 saturated carbocycles. The van der Waals surface area contributed by atoms with Gasteiger partial charge in [-0.05, 0) is 56.6 Å². The van der Waals surface area contributed by atoms with Gasteiger partial charge in [0, 0.05) is 41.5 Å². The standard InChI is InChI=1S/C34H33N7O/c1-23-7-6-10-29(35-23)34-37-33(38-39-34)27-15-18-40(19-16-27)22-24-11-13-25(14-12-24)31-32(26-8-4-3-5-9-26)41-20-17-28(42-2)21-30(41)36-31/h3-14,17,20-21,27H,15-16,18-19,22H2,1-2H3,(H,37,38,39). The summed E-state index contributed by atoms with van der Waals surface area (Å²) in [5, 5.41) is 7.62. The van der Waals surface area contributed by atoms with Crippen LogP contribution in [0.4, 0.5) is 0 Å². The minimum Gasteiger partial charge on any atom is -0.497 e. The van der Waals surface area contributed by atoms with Crippen molar-refractivity contribution in [3.63, 3.8) is 0 Å². The smallest absolute Gasteiger partial charge is 0.199 e. The summed E-state index contributed by atoms with van der Waals surface area (Å²) in [5.41, 5.74) is 8.23. The summed E-state index contributed by atoms with van der Waals surface area (Å²) in [7, 11) is 1.68. The van der Waals surface area contributed by atoms with Crippen molar-refractivity contribution in [2.45, 2.75) is 32.2 Å². The number of nitrogens with one attached hydrogen (secondary N) is 1. The molecule has 4 aromatic heterocycles. The number of benzene rings is 2. The lowest BCUT2D eigenvalue weighted by molar-refractivity contribution is 0.202. The summed E-state index contributed by atoms with van der Waals surface area (Å²) >= 11 is 0. The summed E-state index contributed by atoms with van der Waals surface area (Å²) in [6, 6.07) is 29.2. The monoisotopic (exact) mass is 555 g/mol. The number of methoxy groups -OCH3 is 1. The molecular weight excluding hydrogens is 522 g/mol. The van der Waals surface area contributed by atoms with E-state index in [1.807, 2.05) is 49.5 Å². The zero-order valence-corrected chi connectivity index (χ0v) is 23.9. The topological polar surface area (TPSA) is 84.2 Å². The Morgan fingerprint density at radius 2 is 1.67 bits per heavy atom. The molecule has 7 rings (SSSR count). The summed E-state index contributed by atoms with van der Waals surface area (Å²) in [6.45, 7) is 4.96. The average molecular weight is 556 g/mol. The van der Waals surface area contributed by atoms with Gasteiger partial charge in [0.2, 0.25) is 0 Å². The summed E-state index contributed by atoms with van der Waals surface area (Å²) in [4.78, 5) is 16.9. The summed E-state index contributed by atoms with van der Waals surface area (Å²) in [5.74, 6) is 2.83. The molecule has 6 aromatic rings. The Kier molecular flexibility index (Phi) is 6.97. The number of piperidine rings is 1. The van der Waals surface area contributed by atoms with Crippen molar-refractivity contribution in [2.24, 2.45) is 0 Å². The quantitative estimate of drug-likeness (QED) is 0.241. The fourth-order valence-corrected chi connectivity index (χ4v) is 5.86. The van der Waals surface area contributed by atoms with Crippen LogP contribution >= 0.6 is 0 Å². The lowest BCUT2D eigenvalue weighted by atomic mass is 9.95. The Bertz CT molecular complexity index is 1820. The van der Waals surface area contributed by atoms with Crippen molar-refractivity contribution < 1.29 is 4.74 Å². The van der Waals surface area contributed by atoms with Crippen molar-refractivity contribution in [3.05, 3.63) is 108 Å². The van der Waals surface area contributed by atoms with E-state index in [1.54, 1.807) is 7.11 Å². The first-order valence-corrected chi connectivity index (χ1v) is 14.4. The third kappa shape index (κ3) is 5.17. The van der Waals surface area contributed by atoms with Crippen LogP contribution in [0.15, 0.2) is 91.1 Å². The van der Waals surface area contributed by atoms with Crippen LogP contribution in [0.3, 0.4) is 0 Å². The second-order valence-corrected chi connectivity index (χ2v) is 10.9. The van der Waals surface area contributed by atoms with E-state index in [1.165, 1.54) is 5.56 Å². The van der Waals surface area contributed by atoms with E-state index in [0.29, 0.717) is 11.7 Å². The van der Waals surface area contributed by atoms with E-state index >= 15 is 0 Å². The Balaban J connectivity index is 1.05. The first-order valence-electron chi connectivity index (χ1n) is 14.4. The molecule has 2 aromatic carbocycles. The van der Waals surface area contributed by atoms with Gasteiger partial charge >= 0.3 is 0 Å². The van der Waals surface area contributed by atoms with E-state index in [-0.39, 0.29) is 0 Å². The second-order valence-electron chi connectivity index (χ2n) is 10.9. The molecule has 1 aliphatic heterocycles. The van der Waals surface area contributed by atoms with E-state index in [2.05, 4.69) is 73.0 Å². The molecule has 0 aliphatic carbocycles. The van der Waals surface area contributed by atoms with Crippen LogP contribution in [-0.4, -0.2) is 54.6 Å². The molecule has 0 atom stereocenters. The average Bonchev–Trinajstić information content (AvgIpc) is 3.68. The number of ether oxygens (including phenoxy) is 1. The van der Waals surface area contributed by atoms with Crippen LogP contribution in [0.1, 0.15) is 35.8 Å². The number of hydrogen-bond donors (Lipinski definition) is 1. The third-order valence-electron chi connectivity index (χ3n) is 8.11. The SMILES string of the molecule is COc1ccn2c(-c3ccccc3)c(-c3ccc(CN4CCC(c5nc(-c6cccc(C)n6)n[nH]5)CC4)cc3)nc2c1. The van der Waals surface area contributed by atoms with Gasteiger partial charge in [-0.2, -0.15) is 5.10 Å². The molecule has 0 unspecified atom stereocenters. The zero-order chi connectivity index (χ0) is 28.5. The number of imidazole rings is 1. The lowest BCUT2D eigenvalue weighted by Crippen LogP contribution is -2.32. The normalized spacial score (nSPS) is 14.4. The molecular formula is C34H33N7O. The van der Waals surface area contributed by atoms with E-state index < -0.39 is 0 Å². The maximum atomic E-state index is 5.46. The van der Waals surface area contributed by atoms with Crippen LogP contribution in [0.25, 0.3) is 39.7 Å². The number of likely N-dealkylation sites (tertiary alicyclic amines) is 1. The van der Waals surface area contributed by atoms with Crippen molar-refractivity contribution in [1.82, 2.24) is 34.4 Å². The van der Waals surface area contributed by atoms with Gasteiger partial charge in [0.1, 0.15) is 22.9 Å². The van der Waals surface area contributed by atoms with Crippen LogP contribution in [0.2, 0.25) is 0 Å². The number of fused-ring (bicyclic) bond motifs is 1. The molecule has 1 aliphatic rings. The van der Waals surface area contributed by atoms with Crippen LogP contribution in [-0.2, 0) is 6.54 Å². The highest BCUT2D eigenvalue weighted by Crippen LogP contribution is 2.34. The van der Waals surface area contributed by atoms with Gasteiger partial charge in [0.05, 0.1) is 18.5 Å². The minimum atomic E-state index is 0.389. The molecule has 0 radical (unpaired) electrons. The molecule has 1 fully saturated rings. The number of aromatic nitrogens is 6. The maximum absolute atomic E-state index is 5.46. The predicted octanol–water partition coefficient (Wildman–Crippen LogP) is 6.55. The molecule has 0 bridgehead atoms. The highest BCUT2D eigenvalue weighted by molar-refractivity contribution is 5.82. The largest absolute Gasteiger partial charge is 0.497 e. The molecule has 0 amide bonds. The summed E-state index contributed by atoms with van der Waals surface area (Å²) in [6.07, 6.45) is 4.14. The van der Waals surface area contributed by atoms with Crippen molar-refractivity contribution >= 4 is 5.65 Å². The van der Waals surface area contributed by atoms with Gasteiger partial charge in [0.15, 0.2) is 5.82 Å². The van der Waals surface area contributed by atoms with Crippen molar-refractivity contribution in [3.8, 4) is 39.8 Å². The third-order valence-corrected chi connectivity index (χ3v) is 8.11. The van der Waals surface area contributed by atoms with Gasteiger partial charge in [-0.25, -0.2) is 15.0 Å².